The third-order valence-electron chi connectivity index (χ3n) is 5.82. The van der Waals surface area contributed by atoms with Crippen molar-refractivity contribution in [1.29, 1.82) is 0 Å². The van der Waals surface area contributed by atoms with Crippen molar-refractivity contribution in [2.45, 2.75) is 19.9 Å². The molecule has 2 amide bonds. The molecule has 1 aromatic heterocycles. The van der Waals surface area contributed by atoms with Crippen molar-refractivity contribution in [2.75, 3.05) is 39.3 Å². The van der Waals surface area contributed by atoms with Gasteiger partial charge < -0.3 is 19.7 Å². The summed E-state index contributed by atoms with van der Waals surface area (Å²) >= 11 is 0. The van der Waals surface area contributed by atoms with Crippen LogP contribution in [0.4, 0.5) is 4.79 Å². The number of urea groups is 1. The second-order valence-electron chi connectivity index (χ2n) is 8.21. The standard InChI is InChI=1S/C27H32N4O3/c1-2-33-24-10-6-7-11-25(24)34-26-13-12-23(20-28-26)21-29-27(32)31-18-16-30(17-19-31)15-14-22-8-4-3-5-9-22/h3-13,20H,2,14-19,21H2,1H3,(H,29,32). The van der Waals surface area contributed by atoms with Gasteiger partial charge in [-0.25, -0.2) is 9.78 Å². The first-order chi connectivity index (χ1) is 16.7. The number of carbonyl (C=O) groups is 1. The summed E-state index contributed by atoms with van der Waals surface area (Å²) < 4.78 is 11.4. The van der Waals surface area contributed by atoms with Crippen molar-refractivity contribution in [2.24, 2.45) is 0 Å². The Balaban J connectivity index is 1.19. The van der Waals surface area contributed by atoms with E-state index in [1.165, 1.54) is 5.56 Å². The molecule has 34 heavy (non-hydrogen) atoms. The fourth-order valence-corrected chi connectivity index (χ4v) is 3.89. The van der Waals surface area contributed by atoms with Gasteiger partial charge in [-0.3, -0.25) is 4.90 Å². The molecule has 1 N–H and O–H groups in total. The van der Waals surface area contributed by atoms with E-state index in [9.17, 15) is 4.79 Å². The minimum absolute atomic E-state index is 0.0336. The molecule has 7 heteroatoms. The smallest absolute Gasteiger partial charge is 0.317 e. The molecule has 1 aliphatic rings. The molecular formula is C27H32N4O3. The number of benzene rings is 2. The van der Waals surface area contributed by atoms with E-state index in [0.29, 0.717) is 30.5 Å². The number of rotatable bonds is 9. The van der Waals surface area contributed by atoms with Crippen molar-refractivity contribution < 1.29 is 14.3 Å². The molecule has 2 heterocycles. The molecule has 1 fully saturated rings. The molecule has 0 bridgehead atoms. The van der Waals surface area contributed by atoms with Crippen molar-refractivity contribution in [3.63, 3.8) is 0 Å². The lowest BCUT2D eigenvalue weighted by Gasteiger charge is -2.34. The normalized spacial score (nSPS) is 14.0. The SMILES string of the molecule is CCOc1ccccc1Oc1ccc(CNC(=O)N2CCN(CCc3ccccc3)CC2)cn1. The first-order valence-corrected chi connectivity index (χ1v) is 11.8. The van der Waals surface area contributed by atoms with Gasteiger partial charge in [-0.1, -0.05) is 48.5 Å². The van der Waals surface area contributed by atoms with E-state index in [0.717, 1.165) is 44.7 Å². The van der Waals surface area contributed by atoms with Crippen molar-refractivity contribution >= 4 is 6.03 Å². The Morgan fingerprint density at radius 3 is 2.35 bits per heavy atom. The summed E-state index contributed by atoms with van der Waals surface area (Å²) in [5.74, 6) is 1.79. The highest BCUT2D eigenvalue weighted by atomic mass is 16.5. The number of amides is 2. The topological polar surface area (TPSA) is 66.9 Å². The maximum atomic E-state index is 12.6. The Labute approximate surface area is 201 Å². The van der Waals surface area contributed by atoms with Gasteiger partial charge in [0, 0.05) is 51.5 Å². The Morgan fingerprint density at radius 1 is 0.912 bits per heavy atom. The van der Waals surface area contributed by atoms with E-state index in [-0.39, 0.29) is 6.03 Å². The predicted octanol–water partition coefficient (Wildman–Crippen LogP) is 4.34. The van der Waals surface area contributed by atoms with E-state index >= 15 is 0 Å². The summed E-state index contributed by atoms with van der Waals surface area (Å²) in [5.41, 5.74) is 2.27. The van der Waals surface area contributed by atoms with Gasteiger partial charge in [-0.15, -0.1) is 0 Å². The Kier molecular flexibility index (Phi) is 8.35. The number of para-hydroxylation sites is 2. The van der Waals surface area contributed by atoms with Gasteiger partial charge in [0.2, 0.25) is 5.88 Å². The van der Waals surface area contributed by atoms with Crippen LogP contribution in [0.1, 0.15) is 18.1 Å². The average Bonchev–Trinajstić information content (AvgIpc) is 2.89. The minimum atomic E-state index is -0.0336. The largest absolute Gasteiger partial charge is 0.490 e. The first-order valence-electron chi connectivity index (χ1n) is 11.8. The molecule has 1 saturated heterocycles. The summed E-state index contributed by atoms with van der Waals surface area (Å²) in [5, 5.41) is 3.00. The first kappa shape index (κ1) is 23.6. The lowest BCUT2D eigenvalue weighted by atomic mass is 10.1. The molecule has 0 atom stereocenters. The molecule has 0 saturated carbocycles. The second kappa shape index (κ2) is 12.0. The summed E-state index contributed by atoms with van der Waals surface area (Å²) in [4.78, 5) is 21.3. The van der Waals surface area contributed by atoms with Gasteiger partial charge in [-0.05, 0) is 36.6 Å². The van der Waals surface area contributed by atoms with E-state index < -0.39 is 0 Å². The van der Waals surface area contributed by atoms with Gasteiger partial charge in [-0.2, -0.15) is 0 Å². The molecule has 0 radical (unpaired) electrons. The zero-order valence-corrected chi connectivity index (χ0v) is 19.7. The number of aromatic nitrogens is 1. The Hall–Kier alpha value is -3.58. The number of pyridine rings is 1. The number of hydrogen-bond donors (Lipinski definition) is 1. The summed E-state index contributed by atoms with van der Waals surface area (Å²) in [7, 11) is 0. The Morgan fingerprint density at radius 2 is 1.65 bits per heavy atom. The highest BCUT2D eigenvalue weighted by Gasteiger charge is 2.20. The number of nitrogens with zero attached hydrogens (tertiary/aromatic N) is 3. The summed E-state index contributed by atoms with van der Waals surface area (Å²) in [6, 6.07) is 21.7. The average molecular weight is 461 g/mol. The number of nitrogens with one attached hydrogen (secondary N) is 1. The van der Waals surface area contributed by atoms with Crippen LogP contribution in [0.5, 0.6) is 17.4 Å². The van der Waals surface area contributed by atoms with Crippen LogP contribution in [0.2, 0.25) is 0 Å². The zero-order valence-electron chi connectivity index (χ0n) is 19.7. The molecule has 4 rings (SSSR count). The molecule has 3 aromatic rings. The summed E-state index contributed by atoms with van der Waals surface area (Å²) in [6.07, 6.45) is 2.76. The third kappa shape index (κ3) is 6.71. The van der Waals surface area contributed by atoms with Crippen LogP contribution >= 0.6 is 0 Å². The van der Waals surface area contributed by atoms with Crippen molar-refractivity contribution in [3.05, 3.63) is 84.1 Å². The van der Waals surface area contributed by atoms with E-state index in [2.05, 4.69) is 39.5 Å². The molecule has 178 valence electrons. The molecular weight excluding hydrogens is 428 g/mol. The lowest BCUT2D eigenvalue weighted by Crippen LogP contribution is -2.51. The molecule has 0 spiro atoms. The van der Waals surface area contributed by atoms with Crippen LogP contribution in [0, 0.1) is 0 Å². The molecule has 0 unspecified atom stereocenters. The highest BCUT2D eigenvalue weighted by Crippen LogP contribution is 2.30. The van der Waals surface area contributed by atoms with Crippen molar-refractivity contribution in [3.8, 4) is 17.4 Å². The number of ether oxygens (including phenoxy) is 2. The van der Waals surface area contributed by atoms with Gasteiger partial charge in [0.15, 0.2) is 11.5 Å². The van der Waals surface area contributed by atoms with Crippen LogP contribution in [-0.2, 0) is 13.0 Å². The van der Waals surface area contributed by atoms with Crippen LogP contribution < -0.4 is 14.8 Å². The monoisotopic (exact) mass is 460 g/mol. The quantitative estimate of drug-likeness (QED) is 0.515. The Bertz CT molecular complexity index is 1040. The molecule has 0 aliphatic carbocycles. The molecule has 1 aliphatic heterocycles. The zero-order chi connectivity index (χ0) is 23.6. The fourth-order valence-electron chi connectivity index (χ4n) is 3.89. The second-order valence-corrected chi connectivity index (χ2v) is 8.21. The van der Waals surface area contributed by atoms with Gasteiger partial charge in [0.25, 0.3) is 0 Å². The number of carbonyl (C=O) groups excluding carboxylic acids is 1. The lowest BCUT2D eigenvalue weighted by molar-refractivity contribution is 0.140. The van der Waals surface area contributed by atoms with Crippen LogP contribution in [0.25, 0.3) is 0 Å². The van der Waals surface area contributed by atoms with E-state index in [1.807, 2.05) is 48.2 Å². The maximum Gasteiger partial charge on any atom is 0.317 e. The van der Waals surface area contributed by atoms with Gasteiger partial charge in [0.05, 0.1) is 6.61 Å². The number of piperazine rings is 1. The molecule has 2 aromatic carbocycles. The summed E-state index contributed by atoms with van der Waals surface area (Å²) in [6.45, 7) is 7.23. The van der Waals surface area contributed by atoms with Crippen molar-refractivity contribution in [1.82, 2.24) is 20.1 Å². The van der Waals surface area contributed by atoms with Gasteiger partial charge >= 0.3 is 6.03 Å². The molecule has 7 nitrogen and oxygen atoms in total. The van der Waals surface area contributed by atoms with E-state index in [1.54, 1.807) is 12.3 Å². The van der Waals surface area contributed by atoms with Gasteiger partial charge in [0.1, 0.15) is 0 Å². The van der Waals surface area contributed by atoms with E-state index in [4.69, 9.17) is 9.47 Å². The highest BCUT2D eigenvalue weighted by molar-refractivity contribution is 5.74. The van der Waals surface area contributed by atoms with Crippen LogP contribution in [0.15, 0.2) is 72.9 Å². The maximum absolute atomic E-state index is 12.6. The number of hydrogen-bond acceptors (Lipinski definition) is 5. The predicted molar refractivity (Wildman–Crippen MR) is 132 cm³/mol. The van der Waals surface area contributed by atoms with Crippen LogP contribution in [0.3, 0.4) is 0 Å². The minimum Gasteiger partial charge on any atom is -0.490 e. The third-order valence-corrected chi connectivity index (χ3v) is 5.82. The van der Waals surface area contributed by atoms with Crippen LogP contribution in [-0.4, -0.2) is 60.1 Å². The fraction of sp³-hybridized carbons (Fsp3) is 0.333.